The highest BCUT2D eigenvalue weighted by molar-refractivity contribution is 4.54. The van der Waals surface area contributed by atoms with E-state index >= 15 is 0 Å². The van der Waals surface area contributed by atoms with E-state index in [1.807, 2.05) is 19.0 Å². The van der Waals surface area contributed by atoms with Gasteiger partial charge in [0.25, 0.3) is 0 Å². The Kier molecular flexibility index (Phi) is 1.25. The first-order valence-electron chi connectivity index (χ1n) is 2.30. The molecule has 1 saturated heterocycles. The molecule has 42 valence electrons. The Labute approximate surface area is 42.8 Å². The zero-order valence-corrected chi connectivity index (χ0v) is 4.52. The van der Waals surface area contributed by atoms with Gasteiger partial charge >= 0.3 is 0 Å². The molecule has 1 aliphatic heterocycles. The molecule has 0 aromatic heterocycles. The molecule has 0 aromatic carbocycles. The van der Waals surface area contributed by atoms with Crippen molar-refractivity contribution < 1.29 is 0 Å². The minimum Gasteiger partial charge on any atom is -0.225 e. The number of nitrogens with zero attached hydrogens (tertiary/aromatic N) is 1. The highest BCUT2D eigenvalue weighted by Gasteiger charge is 2.11. The minimum atomic E-state index is 0.375. The van der Waals surface area contributed by atoms with Gasteiger partial charge in [-0.1, -0.05) is 0 Å². The Morgan fingerprint density at radius 3 is 2.43 bits per heavy atom. The third-order valence-electron chi connectivity index (χ3n) is 1.09. The second kappa shape index (κ2) is 1.75. The maximum absolute atomic E-state index is 2.93. The molecule has 0 saturated carbocycles. The second-order valence-corrected chi connectivity index (χ2v) is 1.67. The van der Waals surface area contributed by atoms with Crippen molar-refractivity contribution in [2.24, 2.45) is 0 Å². The molecule has 1 aliphatic rings. The molecule has 0 spiro atoms. The summed E-state index contributed by atoms with van der Waals surface area (Å²) in [6, 6.07) is 0. The lowest BCUT2D eigenvalue weighted by molar-refractivity contribution is 0.234. The summed E-state index contributed by atoms with van der Waals surface area (Å²) in [6.45, 7) is 2.05. The van der Waals surface area contributed by atoms with Crippen molar-refractivity contribution in [2.45, 2.75) is 13.1 Å². The molecule has 4 nitrogen and oxygen atoms in total. The van der Waals surface area contributed by atoms with E-state index in [4.69, 9.17) is 0 Å². The molecule has 0 radical (unpaired) electrons. The van der Waals surface area contributed by atoms with Gasteiger partial charge in [-0.2, -0.15) is 11.1 Å². The SMILES string of the molecule is CC1NNNN1C. The van der Waals surface area contributed by atoms with E-state index in [-0.39, 0.29) is 0 Å². The number of rotatable bonds is 0. The van der Waals surface area contributed by atoms with Gasteiger partial charge in [-0.3, -0.25) is 0 Å². The Balaban J connectivity index is 2.33. The molecule has 1 heterocycles. The van der Waals surface area contributed by atoms with Crippen molar-refractivity contribution in [3.63, 3.8) is 0 Å². The zero-order valence-electron chi connectivity index (χ0n) is 4.52. The monoisotopic (exact) mass is 102 g/mol. The van der Waals surface area contributed by atoms with Crippen LogP contribution in [-0.4, -0.2) is 18.2 Å². The molecule has 0 aromatic rings. The summed E-state index contributed by atoms with van der Waals surface area (Å²) in [5.41, 5.74) is 8.52. The van der Waals surface area contributed by atoms with Crippen LogP contribution in [0.3, 0.4) is 0 Å². The lowest BCUT2D eigenvalue weighted by Gasteiger charge is -2.09. The molecule has 0 bridgehead atoms. The van der Waals surface area contributed by atoms with Crippen LogP contribution in [0.4, 0.5) is 0 Å². The van der Waals surface area contributed by atoms with E-state index in [1.54, 1.807) is 0 Å². The summed E-state index contributed by atoms with van der Waals surface area (Å²) >= 11 is 0. The first kappa shape index (κ1) is 4.99. The van der Waals surface area contributed by atoms with Crippen LogP contribution < -0.4 is 16.5 Å². The van der Waals surface area contributed by atoms with Gasteiger partial charge in [0.05, 0.1) is 6.17 Å². The zero-order chi connectivity index (χ0) is 5.28. The Morgan fingerprint density at radius 2 is 2.29 bits per heavy atom. The molecule has 1 unspecified atom stereocenters. The molecule has 3 N–H and O–H groups in total. The lowest BCUT2D eigenvalue weighted by Crippen LogP contribution is -2.34. The van der Waals surface area contributed by atoms with Crippen LogP contribution in [0, 0.1) is 0 Å². The third-order valence-corrected chi connectivity index (χ3v) is 1.09. The van der Waals surface area contributed by atoms with Gasteiger partial charge in [0.15, 0.2) is 0 Å². The van der Waals surface area contributed by atoms with E-state index in [0.717, 1.165) is 0 Å². The van der Waals surface area contributed by atoms with Crippen molar-refractivity contribution >= 4 is 0 Å². The highest BCUT2D eigenvalue weighted by Crippen LogP contribution is 1.85. The molecule has 1 rings (SSSR count). The van der Waals surface area contributed by atoms with E-state index in [9.17, 15) is 0 Å². The Morgan fingerprint density at radius 1 is 1.57 bits per heavy atom. The van der Waals surface area contributed by atoms with Crippen LogP contribution in [-0.2, 0) is 0 Å². The summed E-state index contributed by atoms with van der Waals surface area (Å²) in [6.07, 6.45) is 0.375. The van der Waals surface area contributed by atoms with Crippen LogP contribution in [0.15, 0.2) is 0 Å². The van der Waals surface area contributed by atoms with Gasteiger partial charge in [0.1, 0.15) is 0 Å². The van der Waals surface area contributed by atoms with Gasteiger partial charge in [-0.15, -0.1) is 0 Å². The van der Waals surface area contributed by atoms with E-state index in [1.165, 1.54) is 0 Å². The fourth-order valence-electron chi connectivity index (χ4n) is 0.419. The van der Waals surface area contributed by atoms with E-state index < -0.39 is 0 Å². The minimum absolute atomic E-state index is 0.375. The fraction of sp³-hybridized carbons (Fsp3) is 1.00. The average molecular weight is 102 g/mol. The first-order valence-corrected chi connectivity index (χ1v) is 2.30. The standard InChI is InChI=1S/C3H10N4/c1-3-4-5-6-7(3)2/h3-6H,1-2H3. The van der Waals surface area contributed by atoms with Gasteiger partial charge in [-0.25, -0.2) is 10.4 Å². The van der Waals surface area contributed by atoms with Crippen molar-refractivity contribution in [3.05, 3.63) is 0 Å². The number of hydrazine groups is 3. The topological polar surface area (TPSA) is 39.3 Å². The fourth-order valence-corrected chi connectivity index (χ4v) is 0.419. The molecule has 4 heteroatoms. The van der Waals surface area contributed by atoms with Crippen LogP contribution in [0.5, 0.6) is 0 Å². The largest absolute Gasteiger partial charge is 0.225 e. The van der Waals surface area contributed by atoms with Gasteiger partial charge in [0, 0.05) is 7.05 Å². The summed E-state index contributed by atoms with van der Waals surface area (Å²) in [7, 11) is 1.96. The van der Waals surface area contributed by atoms with Crippen molar-refractivity contribution in [1.82, 2.24) is 21.5 Å². The molecule has 0 amide bonds. The summed E-state index contributed by atoms with van der Waals surface area (Å²) < 4.78 is 0. The van der Waals surface area contributed by atoms with Crippen LogP contribution in [0.1, 0.15) is 6.92 Å². The van der Waals surface area contributed by atoms with Gasteiger partial charge < -0.3 is 0 Å². The summed E-state index contributed by atoms with van der Waals surface area (Å²) in [5.74, 6) is 0. The Hall–Kier alpha value is -0.160. The van der Waals surface area contributed by atoms with Crippen molar-refractivity contribution in [1.29, 1.82) is 0 Å². The van der Waals surface area contributed by atoms with E-state index in [0.29, 0.717) is 6.17 Å². The molecule has 1 atom stereocenters. The van der Waals surface area contributed by atoms with Gasteiger partial charge in [-0.05, 0) is 6.92 Å². The van der Waals surface area contributed by atoms with Gasteiger partial charge in [0.2, 0.25) is 0 Å². The predicted molar refractivity (Wildman–Crippen MR) is 26.6 cm³/mol. The highest BCUT2D eigenvalue weighted by atomic mass is 15.9. The molecular weight excluding hydrogens is 92.1 g/mol. The van der Waals surface area contributed by atoms with E-state index in [2.05, 4.69) is 16.5 Å². The maximum Gasteiger partial charge on any atom is 0.0856 e. The normalized spacial score (nSPS) is 34.3. The maximum atomic E-state index is 2.93. The average Bonchev–Trinajstić information content (AvgIpc) is 1.91. The molecular formula is C3H10N4. The first-order chi connectivity index (χ1) is 3.30. The number of nitrogens with one attached hydrogen (secondary N) is 3. The number of hydrogen-bond donors (Lipinski definition) is 3. The predicted octanol–water partition coefficient (Wildman–Crippen LogP) is -1.21. The molecule has 0 aliphatic carbocycles. The quantitative estimate of drug-likeness (QED) is 0.359. The lowest BCUT2D eigenvalue weighted by atomic mass is 10.6. The summed E-state index contributed by atoms with van der Waals surface area (Å²) in [5, 5.41) is 1.93. The Bertz CT molecular complexity index is 56.0. The second-order valence-electron chi connectivity index (χ2n) is 1.67. The van der Waals surface area contributed by atoms with Crippen molar-refractivity contribution in [3.8, 4) is 0 Å². The smallest absolute Gasteiger partial charge is 0.0856 e. The number of hydrogen-bond acceptors (Lipinski definition) is 4. The molecule has 7 heavy (non-hydrogen) atoms. The summed E-state index contributed by atoms with van der Waals surface area (Å²) in [4.78, 5) is 0. The molecule has 1 fully saturated rings. The van der Waals surface area contributed by atoms with Crippen LogP contribution in [0.2, 0.25) is 0 Å². The van der Waals surface area contributed by atoms with Crippen molar-refractivity contribution in [2.75, 3.05) is 7.05 Å². The van der Waals surface area contributed by atoms with Crippen LogP contribution in [0.25, 0.3) is 0 Å². The third kappa shape index (κ3) is 0.889. The van der Waals surface area contributed by atoms with Crippen LogP contribution >= 0.6 is 0 Å².